The molecular weight excluding hydrogens is 250 g/mol. The Labute approximate surface area is 111 Å². The lowest BCUT2D eigenvalue weighted by Crippen LogP contribution is -2.18. The van der Waals surface area contributed by atoms with Gasteiger partial charge in [0, 0.05) is 19.2 Å². The minimum absolute atomic E-state index is 0.0137. The highest BCUT2D eigenvalue weighted by Crippen LogP contribution is 2.12. The van der Waals surface area contributed by atoms with Gasteiger partial charge in [-0.3, -0.25) is 10.1 Å². The summed E-state index contributed by atoms with van der Waals surface area (Å²) in [5, 5.41) is 13.5. The highest BCUT2D eigenvalue weighted by atomic mass is 16.6. The third-order valence-electron chi connectivity index (χ3n) is 2.84. The smallest absolute Gasteiger partial charge is 0.287 e. The zero-order valence-electron chi connectivity index (χ0n) is 10.6. The first-order valence-corrected chi connectivity index (χ1v) is 6.29. The van der Waals surface area contributed by atoms with Crippen LogP contribution in [0.5, 0.6) is 0 Å². The zero-order chi connectivity index (χ0) is 13.5. The molecule has 0 bridgehead atoms. The number of aromatic nitrogens is 1. The largest absolute Gasteiger partial charge is 0.377 e. The molecule has 0 saturated carbocycles. The molecule has 1 aromatic heterocycles. The number of hydrogen-bond acceptors (Lipinski definition) is 6. The summed E-state index contributed by atoms with van der Waals surface area (Å²) < 4.78 is 10.9. The van der Waals surface area contributed by atoms with Gasteiger partial charge in [0.2, 0.25) is 0 Å². The predicted molar refractivity (Wildman–Crippen MR) is 69.2 cm³/mol. The maximum atomic E-state index is 10.5. The Morgan fingerprint density at radius 1 is 1.58 bits per heavy atom. The van der Waals surface area contributed by atoms with Crippen molar-refractivity contribution in [3.63, 3.8) is 0 Å². The average molecular weight is 267 g/mol. The monoisotopic (exact) mass is 267 g/mol. The van der Waals surface area contributed by atoms with Gasteiger partial charge in [-0.1, -0.05) is 0 Å². The van der Waals surface area contributed by atoms with E-state index in [9.17, 15) is 10.1 Å². The van der Waals surface area contributed by atoms with Crippen LogP contribution in [-0.4, -0.2) is 42.4 Å². The van der Waals surface area contributed by atoms with Crippen molar-refractivity contribution in [1.29, 1.82) is 0 Å². The molecule has 1 aromatic rings. The van der Waals surface area contributed by atoms with Crippen LogP contribution in [0.3, 0.4) is 0 Å². The lowest BCUT2D eigenvalue weighted by atomic mass is 10.2. The Morgan fingerprint density at radius 3 is 3.11 bits per heavy atom. The summed E-state index contributed by atoms with van der Waals surface area (Å²) >= 11 is 0. The van der Waals surface area contributed by atoms with Crippen LogP contribution in [0.15, 0.2) is 18.3 Å². The minimum Gasteiger partial charge on any atom is -0.377 e. The summed E-state index contributed by atoms with van der Waals surface area (Å²) in [7, 11) is 0. The van der Waals surface area contributed by atoms with Gasteiger partial charge in [0.25, 0.3) is 5.69 Å². The van der Waals surface area contributed by atoms with E-state index in [-0.39, 0.29) is 11.8 Å². The van der Waals surface area contributed by atoms with E-state index in [0.717, 1.165) is 19.4 Å². The van der Waals surface area contributed by atoms with Crippen molar-refractivity contribution in [3.8, 4) is 0 Å². The van der Waals surface area contributed by atoms with Gasteiger partial charge in [0.15, 0.2) is 0 Å². The van der Waals surface area contributed by atoms with Crippen LogP contribution in [0.4, 0.5) is 11.5 Å². The Balaban J connectivity index is 1.61. The summed E-state index contributed by atoms with van der Waals surface area (Å²) in [4.78, 5) is 13.9. The first kappa shape index (κ1) is 13.7. The van der Waals surface area contributed by atoms with Gasteiger partial charge < -0.3 is 14.8 Å². The summed E-state index contributed by atoms with van der Waals surface area (Å²) in [6, 6.07) is 3.00. The van der Waals surface area contributed by atoms with Crippen LogP contribution in [0, 0.1) is 10.1 Å². The molecule has 1 aliphatic rings. The lowest BCUT2D eigenvalue weighted by Gasteiger charge is -2.10. The van der Waals surface area contributed by atoms with E-state index < -0.39 is 4.92 Å². The number of ether oxygens (including phenoxy) is 2. The Bertz CT molecular complexity index is 404. The molecule has 1 saturated heterocycles. The first-order chi connectivity index (χ1) is 9.25. The van der Waals surface area contributed by atoms with Gasteiger partial charge in [-0.05, 0) is 18.9 Å². The number of rotatable bonds is 7. The molecule has 1 N–H and O–H groups in total. The summed E-state index contributed by atoms with van der Waals surface area (Å²) in [6.45, 7) is 2.62. The Kier molecular flexibility index (Phi) is 5.05. The fraction of sp³-hybridized carbons (Fsp3) is 0.583. The van der Waals surface area contributed by atoms with E-state index in [0.29, 0.717) is 25.6 Å². The molecular formula is C12H17N3O4. The summed E-state index contributed by atoms with van der Waals surface area (Å²) in [5.41, 5.74) is -0.0137. The number of hydrogen-bond donors (Lipinski definition) is 1. The Hall–Kier alpha value is -1.73. The molecule has 7 nitrogen and oxygen atoms in total. The maximum Gasteiger partial charge on any atom is 0.287 e. The highest BCUT2D eigenvalue weighted by Gasteiger charge is 2.14. The molecule has 19 heavy (non-hydrogen) atoms. The van der Waals surface area contributed by atoms with Crippen LogP contribution in [0.25, 0.3) is 0 Å². The van der Waals surface area contributed by atoms with Gasteiger partial charge in [-0.2, -0.15) is 0 Å². The fourth-order valence-corrected chi connectivity index (χ4v) is 1.84. The van der Waals surface area contributed by atoms with Crippen LogP contribution in [0.2, 0.25) is 0 Å². The average Bonchev–Trinajstić information content (AvgIpc) is 2.92. The third-order valence-corrected chi connectivity index (χ3v) is 2.84. The van der Waals surface area contributed by atoms with Crippen LogP contribution < -0.4 is 5.32 Å². The van der Waals surface area contributed by atoms with E-state index in [4.69, 9.17) is 9.47 Å². The van der Waals surface area contributed by atoms with Crippen LogP contribution in [-0.2, 0) is 9.47 Å². The van der Waals surface area contributed by atoms with Crippen molar-refractivity contribution in [3.05, 3.63) is 28.4 Å². The van der Waals surface area contributed by atoms with Gasteiger partial charge in [0.1, 0.15) is 12.0 Å². The molecule has 0 aromatic carbocycles. The maximum absolute atomic E-state index is 10.5. The molecule has 104 valence electrons. The van der Waals surface area contributed by atoms with E-state index in [1.54, 1.807) is 6.07 Å². The number of nitrogens with zero attached hydrogens (tertiary/aromatic N) is 2. The lowest BCUT2D eigenvalue weighted by molar-refractivity contribution is -0.385. The van der Waals surface area contributed by atoms with Gasteiger partial charge in [0.05, 0.1) is 24.2 Å². The molecule has 7 heteroatoms. The van der Waals surface area contributed by atoms with E-state index in [2.05, 4.69) is 10.3 Å². The standard InChI is InChI=1S/C12H17N3O4/c16-15(17)10-3-4-12(14-8-10)13-5-7-18-9-11-2-1-6-19-11/h3-4,8,11H,1-2,5-7,9H2,(H,13,14). The topological polar surface area (TPSA) is 86.5 Å². The molecule has 0 aliphatic carbocycles. The molecule has 0 spiro atoms. The first-order valence-electron chi connectivity index (χ1n) is 6.29. The van der Waals surface area contributed by atoms with Crippen molar-refractivity contribution in [2.75, 3.05) is 31.7 Å². The highest BCUT2D eigenvalue weighted by molar-refractivity contribution is 5.39. The molecule has 0 radical (unpaired) electrons. The second kappa shape index (κ2) is 7.01. The number of nitrogens with one attached hydrogen (secondary N) is 1. The van der Waals surface area contributed by atoms with Crippen molar-refractivity contribution in [2.45, 2.75) is 18.9 Å². The van der Waals surface area contributed by atoms with Crippen molar-refractivity contribution in [1.82, 2.24) is 4.98 Å². The molecule has 1 aliphatic heterocycles. The summed E-state index contributed by atoms with van der Waals surface area (Å²) in [5.74, 6) is 0.603. The second-order valence-corrected chi connectivity index (χ2v) is 4.30. The van der Waals surface area contributed by atoms with Gasteiger partial charge in [-0.25, -0.2) is 4.98 Å². The van der Waals surface area contributed by atoms with Crippen LogP contribution >= 0.6 is 0 Å². The Morgan fingerprint density at radius 2 is 2.47 bits per heavy atom. The number of pyridine rings is 1. The third kappa shape index (κ3) is 4.46. The quantitative estimate of drug-likeness (QED) is 0.458. The molecule has 2 heterocycles. The van der Waals surface area contributed by atoms with Crippen molar-refractivity contribution < 1.29 is 14.4 Å². The van der Waals surface area contributed by atoms with Crippen molar-refractivity contribution in [2.24, 2.45) is 0 Å². The predicted octanol–water partition coefficient (Wildman–Crippen LogP) is 1.60. The molecule has 1 atom stereocenters. The SMILES string of the molecule is O=[N+]([O-])c1ccc(NCCOCC2CCCO2)nc1. The van der Waals surface area contributed by atoms with E-state index in [1.165, 1.54) is 12.3 Å². The second-order valence-electron chi connectivity index (χ2n) is 4.30. The van der Waals surface area contributed by atoms with E-state index in [1.807, 2.05) is 0 Å². The normalized spacial score (nSPS) is 18.4. The summed E-state index contributed by atoms with van der Waals surface area (Å²) in [6.07, 6.45) is 3.64. The minimum atomic E-state index is -0.471. The number of anilines is 1. The molecule has 2 rings (SSSR count). The van der Waals surface area contributed by atoms with Crippen molar-refractivity contribution >= 4 is 11.5 Å². The zero-order valence-corrected chi connectivity index (χ0v) is 10.6. The fourth-order valence-electron chi connectivity index (χ4n) is 1.84. The molecule has 0 amide bonds. The van der Waals surface area contributed by atoms with E-state index >= 15 is 0 Å². The molecule has 1 fully saturated rings. The number of nitro groups is 1. The van der Waals surface area contributed by atoms with Crippen LogP contribution in [0.1, 0.15) is 12.8 Å². The van der Waals surface area contributed by atoms with Gasteiger partial charge in [-0.15, -0.1) is 0 Å². The van der Waals surface area contributed by atoms with Gasteiger partial charge >= 0.3 is 0 Å². The molecule has 1 unspecified atom stereocenters.